The minimum atomic E-state index is -0.239. The maximum absolute atomic E-state index is 13.4. The Labute approximate surface area is 217 Å². The molecule has 0 N–H and O–H groups in total. The molecule has 7 nitrogen and oxygen atoms in total. The molecule has 0 atom stereocenters. The molecule has 3 heterocycles. The van der Waals surface area contributed by atoms with Gasteiger partial charge >= 0.3 is 0 Å². The molecule has 0 spiro atoms. The maximum atomic E-state index is 13.4. The van der Waals surface area contributed by atoms with Gasteiger partial charge in [-0.1, -0.05) is 32.9 Å². The van der Waals surface area contributed by atoms with E-state index >= 15 is 0 Å². The fourth-order valence-electron chi connectivity index (χ4n) is 3.67. The minimum absolute atomic E-state index is 0.175. The van der Waals surface area contributed by atoms with Gasteiger partial charge in [0.15, 0.2) is 0 Å². The summed E-state index contributed by atoms with van der Waals surface area (Å²) < 4.78 is 7.70. The Hall–Kier alpha value is -2.91. The van der Waals surface area contributed by atoms with Crippen molar-refractivity contribution in [3.8, 4) is 22.8 Å². The van der Waals surface area contributed by atoms with Crippen LogP contribution >= 0.6 is 27.3 Å². The number of rotatable bonds is 5. The summed E-state index contributed by atoms with van der Waals surface area (Å²) in [6, 6.07) is 6.01. The number of aromatic nitrogens is 5. The molecule has 0 radical (unpaired) electrons. The molecule has 0 fully saturated rings. The molecule has 0 aliphatic heterocycles. The van der Waals surface area contributed by atoms with Gasteiger partial charge in [0, 0.05) is 22.6 Å². The molecule has 0 saturated heterocycles. The Kier molecular flexibility index (Phi) is 6.92. The second-order valence-corrected chi connectivity index (χ2v) is 11.4. The van der Waals surface area contributed by atoms with Crippen molar-refractivity contribution in [2.45, 2.75) is 60.5 Å². The lowest BCUT2D eigenvalue weighted by atomic mass is 9.95. The highest BCUT2D eigenvalue weighted by atomic mass is 79.9. The van der Waals surface area contributed by atoms with Crippen molar-refractivity contribution in [2.75, 3.05) is 0 Å². The third-order valence-corrected chi connectivity index (χ3v) is 7.06. The molecule has 0 bridgehead atoms. The third-order valence-electron chi connectivity index (χ3n) is 5.55. The van der Waals surface area contributed by atoms with E-state index in [0.717, 1.165) is 44.6 Å². The fraction of sp³-hybridized carbons (Fsp3) is 0.346. The van der Waals surface area contributed by atoms with E-state index in [4.69, 9.17) is 9.72 Å². The number of benzene rings is 1. The predicted octanol–water partition coefficient (Wildman–Crippen LogP) is 6.02. The van der Waals surface area contributed by atoms with Crippen LogP contribution in [0.4, 0.5) is 0 Å². The van der Waals surface area contributed by atoms with Crippen LogP contribution in [0.1, 0.15) is 54.2 Å². The van der Waals surface area contributed by atoms with E-state index in [1.54, 1.807) is 22.8 Å². The topological polar surface area (TPSA) is 82.8 Å². The van der Waals surface area contributed by atoms with Crippen LogP contribution in [-0.2, 0) is 12.0 Å². The van der Waals surface area contributed by atoms with Gasteiger partial charge in [-0.25, -0.2) is 15.0 Å². The molecular weight excluding hydrogens is 526 g/mol. The van der Waals surface area contributed by atoms with Gasteiger partial charge in [-0.05, 0) is 60.8 Å². The lowest BCUT2D eigenvalue weighted by molar-refractivity contribution is 0.285. The van der Waals surface area contributed by atoms with E-state index in [2.05, 4.69) is 51.7 Å². The average Bonchev–Trinajstić information content (AvgIpc) is 3.21. The van der Waals surface area contributed by atoms with Crippen LogP contribution in [0, 0.1) is 27.7 Å². The standard InChI is InChI=1S/C26H28BrN5O2S/c1-14-8-9-18(22-15(2)11-28-25(31-22)26(5,6)7)10-20(14)32-16(3)29-23(21(27)24(32)33)34-12-19-13-35-17(4)30-19/h8-11,13H,12H2,1-7H3. The van der Waals surface area contributed by atoms with Gasteiger partial charge in [0.05, 0.1) is 22.1 Å². The number of halogens is 1. The van der Waals surface area contributed by atoms with Crippen molar-refractivity contribution in [3.63, 3.8) is 0 Å². The molecule has 0 unspecified atom stereocenters. The van der Waals surface area contributed by atoms with Gasteiger partial charge in [0.25, 0.3) is 5.56 Å². The molecule has 182 valence electrons. The van der Waals surface area contributed by atoms with Crippen molar-refractivity contribution < 1.29 is 4.74 Å². The molecular formula is C26H28BrN5O2S. The van der Waals surface area contributed by atoms with Gasteiger partial charge in [0.1, 0.15) is 22.7 Å². The number of nitrogens with zero attached hydrogens (tertiary/aromatic N) is 5. The molecule has 4 aromatic rings. The van der Waals surface area contributed by atoms with Crippen molar-refractivity contribution >= 4 is 27.3 Å². The van der Waals surface area contributed by atoms with Crippen LogP contribution in [0.25, 0.3) is 16.9 Å². The minimum Gasteiger partial charge on any atom is -0.470 e. The molecule has 4 rings (SSSR count). The van der Waals surface area contributed by atoms with Crippen molar-refractivity contribution in [2.24, 2.45) is 0 Å². The zero-order valence-corrected chi connectivity index (χ0v) is 23.3. The first-order valence-corrected chi connectivity index (χ1v) is 12.9. The average molecular weight is 555 g/mol. The molecule has 35 heavy (non-hydrogen) atoms. The van der Waals surface area contributed by atoms with Gasteiger partial charge < -0.3 is 4.74 Å². The van der Waals surface area contributed by atoms with Crippen molar-refractivity contribution in [1.29, 1.82) is 0 Å². The summed E-state index contributed by atoms with van der Waals surface area (Å²) in [5.74, 6) is 1.55. The number of hydrogen-bond donors (Lipinski definition) is 0. The first-order valence-electron chi connectivity index (χ1n) is 11.2. The quantitative estimate of drug-likeness (QED) is 0.300. The first-order chi connectivity index (χ1) is 16.5. The summed E-state index contributed by atoms with van der Waals surface area (Å²) >= 11 is 4.97. The van der Waals surface area contributed by atoms with Crippen molar-refractivity contribution in [1.82, 2.24) is 24.5 Å². The van der Waals surface area contributed by atoms with Crippen LogP contribution in [0.3, 0.4) is 0 Å². The highest BCUT2D eigenvalue weighted by Crippen LogP contribution is 2.29. The molecule has 9 heteroatoms. The van der Waals surface area contributed by atoms with E-state index in [1.165, 1.54) is 0 Å². The zero-order valence-electron chi connectivity index (χ0n) is 20.9. The van der Waals surface area contributed by atoms with Crippen LogP contribution in [-0.4, -0.2) is 24.5 Å². The Morgan fingerprint density at radius 2 is 1.80 bits per heavy atom. The van der Waals surface area contributed by atoms with Crippen LogP contribution in [0.15, 0.2) is 39.0 Å². The molecule has 0 aliphatic rings. The Morgan fingerprint density at radius 1 is 1.06 bits per heavy atom. The predicted molar refractivity (Wildman–Crippen MR) is 143 cm³/mol. The summed E-state index contributed by atoms with van der Waals surface area (Å²) in [5, 5.41) is 2.90. The second-order valence-electron chi connectivity index (χ2n) is 9.54. The fourth-order valence-corrected chi connectivity index (χ4v) is 4.65. The van der Waals surface area contributed by atoms with E-state index in [1.807, 2.05) is 50.5 Å². The smallest absolute Gasteiger partial charge is 0.276 e. The first kappa shape index (κ1) is 25.2. The van der Waals surface area contributed by atoms with Gasteiger partial charge in [-0.2, -0.15) is 4.98 Å². The lowest BCUT2D eigenvalue weighted by Gasteiger charge is -2.19. The van der Waals surface area contributed by atoms with Crippen LogP contribution < -0.4 is 10.3 Å². The summed E-state index contributed by atoms with van der Waals surface area (Å²) in [4.78, 5) is 31.8. The maximum Gasteiger partial charge on any atom is 0.276 e. The van der Waals surface area contributed by atoms with Gasteiger partial charge in [-0.3, -0.25) is 9.36 Å². The second kappa shape index (κ2) is 9.62. The van der Waals surface area contributed by atoms with Gasteiger partial charge in [0.2, 0.25) is 5.88 Å². The lowest BCUT2D eigenvalue weighted by Crippen LogP contribution is -2.24. The normalized spacial score (nSPS) is 11.7. The third kappa shape index (κ3) is 5.21. The molecule has 1 aromatic carbocycles. The molecule has 3 aromatic heterocycles. The summed E-state index contributed by atoms with van der Waals surface area (Å²) in [7, 11) is 0. The Bertz CT molecular complexity index is 1470. The summed E-state index contributed by atoms with van der Waals surface area (Å²) in [6.45, 7) is 14.2. The summed E-state index contributed by atoms with van der Waals surface area (Å²) in [5.41, 5.74) is 4.82. The number of ether oxygens (including phenoxy) is 1. The Morgan fingerprint density at radius 3 is 2.46 bits per heavy atom. The highest BCUT2D eigenvalue weighted by Gasteiger charge is 2.21. The molecule has 0 saturated carbocycles. The molecule has 0 aliphatic carbocycles. The van der Waals surface area contributed by atoms with Crippen LogP contribution in [0.2, 0.25) is 0 Å². The monoisotopic (exact) mass is 553 g/mol. The molecule has 0 amide bonds. The van der Waals surface area contributed by atoms with Gasteiger partial charge in [-0.15, -0.1) is 11.3 Å². The number of hydrogen-bond acceptors (Lipinski definition) is 7. The van der Waals surface area contributed by atoms with E-state index in [0.29, 0.717) is 5.82 Å². The largest absolute Gasteiger partial charge is 0.470 e. The van der Waals surface area contributed by atoms with E-state index < -0.39 is 0 Å². The number of thiazole rings is 1. The summed E-state index contributed by atoms with van der Waals surface area (Å²) in [6.07, 6.45) is 1.86. The van der Waals surface area contributed by atoms with Crippen molar-refractivity contribution in [3.05, 3.63) is 78.1 Å². The van der Waals surface area contributed by atoms with Crippen LogP contribution in [0.5, 0.6) is 5.88 Å². The SMILES string of the molecule is Cc1nc(COc2nc(C)n(-c3cc(-c4nc(C(C)(C)C)ncc4C)ccc3C)c(=O)c2Br)cs1. The van der Waals surface area contributed by atoms with E-state index in [-0.39, 0.29) is 27.9 Å². The zero-order chi connectivity index (χ0) is 25.5. The Balaban J connectivity index is 1.76. The number of aryl methyl sites for hydroxylation is 4. The van der Waals surface area contributed by atoms with E-state index in [9.17, 15) is 4.79 Å². The highest BCUT2D eigenvalue weighted by molar-refractivity contribution is 9.10.